The third-order valence-electron chi connectivity index (χ3n) is 3.12. The molecule has 2 rings (SSSR count). The molecular formula is C11H17N3O2S. The van der Waals surface area contributed by atoms with Crippen LogP contribution in [0.1, 0.15) is 25.8 Å². The van der Waals surface area contributed by atoms with E-state index in [9.17, 15) is 8.42 Å². The van der Waals surface area contributed by atoms with E-state index in [1.165, 1.54) is 12.3 Å². The number of sulfonamides is 1. The van der Waals surface area contributed by atoms with Gasteiger partial charge in [-0.2, -0.15) is 0 Å². The van der Waals surface area contributed by atoms with Crippen molar-refractivity contribution in [3.05, 3.63) is 23.9 Å². The highest BCUT2D eigenvalue weighted by Gasteiger charge is 2.48. The van der Waals surface area contributed by atoms with Gasteiger partial charge in [-0.15, -0.1) is 0 Å². The van der Waals surface area contributed by atoms with E-state index in [0.717, 1.165) is 12.0 Å². The van der Waals surface area contributed by atoms with Crippen molar-refractivity contribution >= 4 is 10.0 Å². The molecule has 0 saturated heterocycles. The molecule has 0 spiro atoms. The Labute approximate surface area is 101 Å². The average Bonchev–Trinajstić information content (AvgIpc) is 2.85. The third kappa shape index (κ3) is 2.65. The zero-order valence-electron chi connectivity index (χ0n) is 9.97. The number of nitrogens with two attached hydrogens (primary N) is 1. The van der Waals surface area contributed by atoms with Crippen molar-refractivity contribution in [1.29, 1.82) is 0 Å². The van der Waals surface area contributed by atoms with Gasteiger partial charge in [0, 0.05) is 18.8 Å². The fourth-order valence-corrected chi connectivity index (χ4v) is 2.94. The molecule has 1 aromatic heterocycles. The van der Waals surface area contributed by atoms with E-state index in [-0.39, 0.29) is 16.5 Å². The van der Waals surface area contributed by atoms with Gasteiger partial charge in [-0.25, -0.2) is 18.1 Å². The summed E-state index contributed by atoms with van der Waals surface area (Å²) in [5.41, 5.74) is 6.31. The van der Waals surface area contributed by atoms with Crippen molar-refractivity contribution in [2.45, 2.75) is 37.9 Å². The van der Waals surface area contributed by atoms with Gasteiger partial charge in [0.15, 0.2) is 5.03 Å². The van der Waals surface area contributed by atoms with E-state index in [4.69, 9.17) is 5.73 Å². The van der Waals surface area contributed by atoms with Crippen LogP contribution in [-0.2, 0) is 16.6 Å². The van der Waals surface area contributed by atoms with Crippen molar-refractivity contribution in [3.63, 3.8) is 0 Å². The highest BCUT2D eigenvalue weighted by Crippen LogP contribution is 2.45. The molecule has 1 heterocycles. The molecule has 1 aliphatic carbocycles. The zero-order valence-corrected chi connectivity index (χ0v) is 10.8. The molecule has 1 aromatic rings. The molecule has 0 bridgehead atoms. The lowest BCUT2D eigenvalue weighted by Crippen LogP contribution is -2.29. The maximum absolute atomic E-state index is 12.0. The first-order valence-electron chi connectivity index (χ1n) is 5.52. The van der Waals surface area contributed by atoms with Crippen LogP contribution in [0.15, 0.2) is 23.4 Å². The fourth-order valence-electron chi connectivity index (χ4n) is 1.61. The minimum atomic E-state index is -3.49. The van der Waals surface area contributed by atoms with Crippen molar-refractivity contribution in [2.75, 3.05) is 0 Å². The lowest BCUT2D eigenvalue weighted by Gasteiger charge is -2.07. The highest BCUT2D eigenvalue weighted by atomic mass is 32.2. The summed E-state index contributed by atoms with van der Waals surface area (Å²) in [5, 5.41) is 0.0531. The molecule has 1 aliphatic rings. The van der Waals surface area contributed by atoms with Gasteiger partial charge in [-0.05, 0) is 23.5 Å². The average molecular weight is 255 g/mol. The molecule has 1 unspecified atom stereocenters. The first-order valence-corrected chi connectivity index (χ1v) is 7.01. The maximum atomic E-state index is 12.0. The SMILES string of the molecule is CC1(C)CC1NS(=O)(=O)c1ccc(CN)cn1. The second-order valence-electron chi connectivity index (χ2n) is 5.08. The smallest absolute Gasteiger partial charge is 0.258 e. The summed E-state index contributed by atoms with van der Waals surface area (Å²) in [7, 11) is -3.49. The van der Waals surface area contributed by atoms with E-state index in [1.807, 2.05) is 13.8 Å². The Morgan fingerprint density at radius 1 is 1.53 bits per heavy atom. The minimum Gasteiger partial charge on any atom is -0.326 e. The summed E-state index contributed by atoms with van der Waals surface area (Å²) in [5.74, 6) is 0. The van der Waals surface area contributed by atoms with Gasteiger partial charge < -0.3 is 5.73 Å². The topological polar surface area (TPSA) is 85.1 Å². The van der Waals surface area contributed by atoms with Crippen molar-refractivity contribution in [2.24, 2.45) is 11.1 Å². The number of aromatic nitrogens is 1. The molecule has 1 saturated carbocycles. The molecule has 1 atom stereocenters. The second kappa shape index (κ2) is 4.04. The monoisotopic (exact) mass is 255 g/mol. The Morgan fingerprint density at radius 3 is 2.59 bits per heavy atom. The molecule has 0 aliphatic heterocycles. The van der Waals surface area contributed by atoms with E-state index >= 15 is 0 Å². The van der Waals surface area contributed by atoms with Crippen LogP contribution in [0.2, 0.25) is 0 Å². The summed E-state index contributed by atoms with van der Waals surface area (Å²) < 4.78 is 26.6. The molecule has 5 nitrogen and oxygen atoms in total. The Hall–Kier alpha value is -0.980. The summed E-state index contributed by atoms with van der Waals surface area (Å²) >= 11 is 0. The zero-order chi connectivity index (χ0) is 12.7. The Morgan fingerprint density at radius 2 is 2.18 bits per heavy atom. The fraction of sp³-hybridized carbons (Fsp3) is 0.545. The van der Waals surface area contributed by atoms with Crippen LogP contribution in [-0.4, -0.2) is 19.4 Å². The molecule has 94 valence electrons. The summed E-state index contributed by atoms with van der Waals surface area (Å²) in [6.45, 7) is 4.42. The van der Waals surface area contributed by atoms with Gasteiger partial charge in [0.2, 0.25) is 0 Å². The van der Waals surface area contributed by atoms with Gasteiger partial charge in [0.05, 0.1) is 0 Å². The largest absolute Gasteiger partial charge is 0.326 e. The van der Waals surface area contributed by atoms with Crippen molar-refractivity contribution < 1.29 is 8.42 Å². The number of hydrogen-bond acceptors (Lipinski definition) is 4. The first-order chi connectivity index (χ1) is 7.85. The van der Waals surface area contributed by atoms with Crippen LogP contribution in [0.25, 0.3) is 0 Å². The molecule has 0 amide bonds. The summed E-state index contributed by atoms with van der Waals surface area (Å²) in [6.07, 6.45) is 2.36. The third-order valence-corrected chi connectivity index (χ3v) is 4.51. The molecular weight excluding hydrogens is 238 g/mol. The molecule has 0 radical (unpaired) electrons. The van der Waals surface area contributed by atoms with Crippen molar-refractivity contribution in [3.8, 4) is 0 Å². The summed E-state index contributed by atoms with van der Waals surface area (Å²) in [6, 6.07) is 3.18. The van der Waals surface area contributed by atoms with Gasteiger partial charge in [-0.1, -0.05) is 19.9 Å². The van der Waals surface area contributed by atoms with Crippen LogP contribution < -0.4 is 10.5 Å². The van der Waals surface area contributed by atoms with Crippen LogP contribution in [0.5, 0.6) is 0 Å². The molecule has 17 heavy (non-hydrogen) atoms. The van der Waals surface area contributed by atoms with E-state index in [2.05, 4.69) is 9.71 Å². The first kappa shape index (κ1) is 12.5. The maximum Gasteiger partial charge on any atom is 0.258 e. The van der Waals surface area contributed by atoms with Crippen LogP contribution in [0, 0.1) is 5.41 Å². The Balaban J connectivity index is 2.14. The molecule has 0 aromatic carbocycles. The Kier molecular flexibility index (Phi) is 2.97. The van der Waals surface area contributed by atoms with Gasteiger partial charge in [0.25, 0.3) is 10.0 Å². The molecule has 3 N–H and O–H groups in total. The minimum absolute atomic E-state index is 0.0171. The molecule has 6 heteroatoms. The van der Waals surface area contributed by atoms with E-state index in [1.54, 1.807) is 6.07 Å². The van der Waals surface area contributed by atoms with Crippen molar-refractivity contribution in [1.82, 2.24) is 9.71 Å². The number of rotatable bonds is 4. The Bertz CT molecular complexity index is 508. The van der Waals surface area contributed by atoms with Crippen LogP contribution in [0.4, 0.5) is 0 Å². The molecule has 1 fully saturated rings. The van der Waals surface area contributed by atoms with E-state index in [0.29, 0.717) is 6.54 Å². The quantitative estimate of drug-likeness (QED) is 0.825. The number of pyridine rings is 1. The lowest BCUT2D eigenvalue weighted by atomic mass is 10.2. The highest BCUT2D eigenvalue weighted by molar-refractivity contribution is 7.89. The van der Waals surface area contributed by atoms with Crippen LogP contribution in [0.3, 0.4) is 0 Å². The number of nitrogens with one attached hydrogen (secondary N) is 1. The normalized spacial score (nSPS) is 22.4. The second-order valence-corrected chi connectivity index (χ2v) is 6.74. The van der Waals surface area contributed by atoms with E-state index < -0.39 is 10.0 Å². The van der Waals surface area contributed by atoms with Gasteiger partial charge in [0.1, 0.15) is 0 Å². The van der Waals surface area contributed by atoms with Crippen LogP contribution >= 0.6 is 0 Å². The predicted octanol–water partition coefficient (Wildman–Crippen LogP) is 0.617. The standard InChI is InChI=1S/C11H17N3O2S/c1-11(2)5-9(11)14-17(15,16)10-4-3-8(6-12)7-13-10/h3-4,7,9,14H,5-6,12H2,1-2H3. The number of nitrogens with zero attached hydrogens (tertiary/aromatic N) is 1. The van der Waals surface area contributed by atoms with Gasteiger partial charge in [-0.3, -0.25) is 0 Å². The predicted molar refractivity (Wildman–Crippen MR) is 64.6 cm³/mol. The lowest BCUT2D eigenvalue weighted by molar-refractivity contribution is 0.552. The summed E-state index contributed by atoms with van der Waals surface area (Å²) in [4.78, 5) is 3.92. The number of hydrogen-bond donors (Lipinski definition) is 2. The van der Waals surface area contributed by atoms with Gasteiger partial charge >= 0.3 is 0 Å².